The van der Waals surface area contributed by atoms with Crippen LogP contribution in [-0.4, -0.2) is 44.4 Å². The number of nitrogens with zero attached hydrogens (tertiary/aromatic N) is 1. The number of fused-ring (bicyclic) bond motifs is 2. The number of ether oxygens (including phenoxy) is 5. The standard InChI is InChI=1S/C23H20N2O6S/c1-27-19-10-14(11-20-22(19)31-9-8-30-20)2-5-21(26)25-23-24-16(13-32-23)15-3-4-17-18(12-15)29-7-6-28-17/h2-5,10-13H,6-9H2,1H3,(H,24,25,26)/b5-2+. The number of aromatic nitrogens is 1. The van der Waals surface area contributed by atoms with Gasteiger partial charge in [0.25, 0.3) is 0 Å². The summed E-state index contributed by atoms with van der Waals surface area (Å²) in [7, 11) is 1.57. The van der Waals surface area contributed by atoms with Crippen LogP contribution >= 0.6 is 11.3 Å². The molecule has 0 unspecified atom stereocenters. The smallest absolute Gasteiger partial charge is 0.250 e. The normalized spacial score (nSPS) is 14.3. The molecule has 0 atom stereocenters. The Morgan fingerprint density at radius 2 is 1.81 bits per heavy atom. The molecule has 9 heteroatoms. The number of amides is 1. The summed E-state index contributed by atoms with van der Waals surface area (Å²) < 4.78 is 27.8. The molecule has 3 heterocycles. The molecular formula is C23H20N2O6S. The van der Waals surface area contributed by atoms with Crippen molar-refractivity contribution in [2.24, 2.45) is 0 Å². The second kappa shape index (κ2) is 8.80. The van der Waals surface area contributed by atoms with Crippen LogP contribution in [0.25, 0.3) is 17.3 Å². The number of carbonyl (C=O) groups excluding carboxylic acids is 1. The van der Waals surface area contributed by atoms with Gasteiger partial charge in [-0.1, -0.05) is 0 Å². The van der Waals surface area contributed by atoms with Gasteiger partial charge in [0, 0.05) is 17.0 Å². The molecule has 1 aromatic heterocycles. The summed E-state index contributed by atoms with van der Waals surface area (Å²) in [5.41, 5.74) is 2.41. The topological polar surface area (TPSA) is 88.1 Å². The average Bonchev–Trinajstić information content (AvgIpc) is 3.30. The minimum absolute atomic E-state index is 0.290. The molecule has 0 aliphatic carbocycles. The van der Waals surface area contributed by atoms with Crippen LogP contribution in [0, 0.1) is 0 Å². The number of hydrogen-bond donors (Lipinski definition) is 1. The number of carbonyl (C=O) groups is 1. The molecule has 8 nitrogen and oxygen atoms in total. The fraction of sp³-hybridized carbons (Fsp3) is 0.217. The first-order valence-corrected chi connectivity index (χ1v) is 10.9. The van der Waals surface area contributed by atoms with Crippen LogP contribution in [0.3, 0.4) is 0 Å². The highest BCUT2D eigenvalue weighted by atomic mass is 32.1. The first-order chi connectivity index (χ1) is 15.7. The van der Waals surface area contributed by atoms with Crippen molar-refractivity contribution >= 4 is 28.5 Å². The van der Waals surface area contributed by atoms with Gasteiger partial charge in [0.15, 0.2) is 28.1 Å². The number of anilines is 1. The zero-order valence-corrected chi connectivity index (χ0v) is 18.1. The lowest BCUT2D eigenvalue weighted by atomic mass is 10.1. The van der Waals surface area contributed by atoms with Gasteiger partial charge in [0.2, 0.25) is 11.7 Å². The minimum Gasteiger partial charge on any atom is -0.493 e. The van der Waals surface area contributed by atoms with Crippen LogP contribution in [0.1, 0.15) is 5.56 Å². The number of thiazole rings is 1. The largest absolute Gasteiger partial charge is 0.493 e. The van der Waals surface area contributed by atoms with Gasteiger partial charge < -0.3 is 23.7 Å². The van der Waals surface area contributed by atoms with Gasteiger partial charge in [-0.3, -0.25) is 10.1 Å². The van der Waals surface area contributed by atoms with Crippen molar-refractivity contribution in [3.05, 3.63) is 47.4 Å². The van der Waals surface area contributed by atoms with Crippen LogP contribution < -0.4 is 29.0 Å². The second-order valence-electron chi connectivity index (χ2n) is 6.97. The van der Waals surface area contributed by atoms with Gasteiger partial charge >= 0.3 is 0 Å². The van der Waals surface area contributed by atoms with Crippen LogP contribution in [0.2, 0.25) is 0 Å². The highest BCUT2D eigenvalue weighted by Gasteiger charge is 2.18. The molecule has 0 spiro atoms. The summed E-state index contributed by atoms with van der Waals surface area (Å²) in [6, 6.07) is 9.28. The van der Waals surface area contributed by atoms with E-state index in [4.69, 9.17) is 23.7 Å². The van der Waals surface area contributed by atoms with E-state index >= 15 is 0 Å². The highest BCUT2D eigenvalue weighted by molar-refractivity contribution is 7.14. The summed E-state index contributed by atoms with van der Waals surface area (Å²) in [6.07, 6.45) is 3.13. The van der Waals surface area contributed by atoms with Crippen molar-refractivity contribution in [2.45, 2.75) is 0 Å². The van der Waals surface area contributed by atoms with Crippen LogP contribution in [-0.2, 0) is 4.79 Å². The average molecular weight is 452 g/mol. The molecule has 1 N–H and O–H groups in total. The van der Waals surface area contributed by atoms with E-state index in [1.54, 1.807) is 19.3 Å². The maximum absolute atomic E-state index is 12.4. The second-order valence-corrected chi connectivity index (χ2v) is 7.82. The van der Waals surface area contributed by atoms with Gasteiger partial charge in [-0.2, -0.15) is 0 Å². The van der Waals surface area contributed by atoms with E-state index in [1.165, 1.54) is 17.4 Å². The summed E-state index contributed by atoms with van der Waals surface area (Å²) >= 11 is 1.35. The molecule has 0 bridgehead atoms. The van der Waals surface area contributed by atoms with Crippen LogP contribution in [0.15, 0.2) is 41.8 Å². The number of rotatable bonds is 5. The van der Waals surface area contributed by atoms with E-state index in [0.29, 0.717) is 54.6 Å². The molecule has 32 heavy (non-hydrogen) atoms. The maximum atomic E-state index is 12.4. The first kappa shape index (κ1) is 20.2. The highest BCUT2D eigenvalue weighted by Crippen LogP contribution is 2.40. The lowest BCUT2D eigenvalue weighted by Crippen LogP contribution is -2.16. The fourth-order valence-electron chi connectivity index (χ4n) is 3.38. The summed E-state index contributed by atoms with van der Waals surface area (Å²) in [4.78, 5) is 16.9. The Kier molecular flexibility index (Phi) is 5.55. The van der Waals surface area contributed by atoms with Gasteiger partial charge in [0.05, 0.1) is 12.8 Å². The Labute approximate surface area is 188 Å². The van der Waals surface area contributed by atoms with Crippen molar-refractivity contribution in [3.63, 3.8) is 0 Å². The molecule has 164 valence electrons. The van der Waals surface area contributed by atoms with Gasteiger partial charge in [-0.25, -0.2) is 4.98 Å². The van der Waals surface area contributed by atoms with Gasteiger partial charge in [0.1, 0.15) is 26.4 Å². The van der Waals surface area contributed by atoms with E-state index in [-0.39, 0.29) is 5.91 Å². The molecule has 0 fully saturated rings. The molecule has 5 rings (SSSR count). The van der Waals surface area contributed by atoms with Crippen LogP contribution in [0.5, 0.6) is 28.7 Å². The molecule has 0 saturated carbocycles. The summed E-state index contributed by atoms with van der Waals surface area (Å²) in [6.45, 7) is 2.02. The molecule has 0 radical (unpaired) electrons. The lowest BCUT2D eigenvalue weighted by Gasteiger charge is -2.20. The number of nitrogens with one attached hydrogen (secondary N) is 1. The SMILES string of the molecule is COc1cc(/C=C/C(=O)Nc2nc(-c3ccc4c(c3)OCCO4)cs2)cc2c1OCCO2. The van der Waals surface area contributed by atoms with Crippen molar-refractivity contribution in [3.8, 4) is 40.0 Å². The number of methoxy groups -OCH3 is 1. The van der Waals surface area contributed by atoms with Crippen LogP contribution in [0.4, 0.5) is 5.13 Å². The Balaban J connectivity index is 1.27. The molecule has 2 aromatic carbocycles. The van der Waals surface area contributed by atoms with E-state index in [0.717, 1.165) is 22.6 Å². The number of hydrogen-bond acceptors (Lipinski definition) is 8. The lowest BCUT2D eigenvalue weighted by molar-refractivity contribution is -0.111. The summed E-state index contributed by atoms with van der Waals surface area (Å²) in [5.74, 6) is 2.87. The van der Waals surface area contributed by atoms with E-state index in [9.17, 15) is 4.79 Å². The molecule has 3 aromatic rings. The Morgan fingerprint density at radius 1 is 1.03 bits per heavy atom. The monoisotopic (exact) mass is 452 g/mol. The van der Waals surface area contributed by atoms with Crippen molar-refractivity contribution in [2.75, 3.05) is 38.9 Å². The molecule has 0 saturated heterocycles. The van der Waals surface area contributed by atoms with Crippen molar-refractivity contribution in [1.29, 1.82) is 0 Å². The quantitative estimate of drug-likeness (QED) is 0.585. The number of benzene rings is 2. The van der Waals surface area contributed by atoms with Gasteiger partial charge in [-0.05, 0) is 42.0 Å². The Hall–Kier alpha value is -3.72. The third-order valence-corrected chi connectivity index (χ3v) is 5.61. The predicted octanol–water partition coefficient (Wildman–Crippen LogP) is 4.01. The zero-order valence-electron chi connectivity index (χ0n) is 17.3. The Bertz CT molecular complexity index is 1170. The third-order valence-electron chi connectivity index (χ3n) is 4.85. The first-order valence-electron chi connectivity index (χ1n) is 10.0. The van der Waals surface area contributed by atoms with Crippen molar-refractivity contribution < 1.29 is 28.5 Å². The minimum atomic E-state index is -0.290. The zero-order chi connectivity index (χ0) is 21.9. The Morgan fingerprint density at radius 3 is 2.66 bits per heavy atom. The molecular weight excluding hydrogens is 432 g/mol. The van der Waals surface area contributed by atoms with E-state index in [1.807, 2.05) is 29.6 Å². The fourth-order valence-corrected chi connectivity index (χ4v) is 4.10. The van der Waals surface area contributed by atoms with E-state index in [2.05, 4.69) is 10.3 Å². The third kappa shape index (κ3) is 4.19. The predicted molar refractivity (Wildman–Crippen MR) is 120 cm³/mol. The maximum Gasteiger partial charge on any atom is 0.250 e. The van der Waals surface area contributed by atoms with Gasteiger partial charge in [-0.15, -0.1) is 11.3 Å². The molecule has 2 aliphatic heterocycles. The molecule has 2 aliphatic rings. The van der Waals surface area contributed by atoms with E-state index < -0.39 is 0 Å². The van der Waals surface area contributed by atoms with Crippen molar-refractivity contribution in [1.82, 2.24) is 4.98 Å². The molecule has 1 amide bonds. The summed E-state index contributed by atoms with van der Waals surface area (Å²) in [5, 5.41) is 5.18.